The second kappa shape index (κ2) is 7.71. The Morgan fingerprint density at radius 1 is 1.39 bits per heavy atom. The number of rotatable bonds is 8. The third kappa shape index (κ3) is 4.75. The zero-order chi connectivity index (χ0) is 13.4. The molecule has 1 unspecified atom stereocenters. The van der Waals surface area contributed by atoms with E-state index >= 15 is 0 Å². The summed E-state index contributed by atoms with van der Waals surface area (Å²) in [6.07, 6.45) is 1.71. The molecule has 0 saturated carbocycles. The SMILES string of the molecule is CCOc1ccc(C(CCCC(=O)O)NC)cc1. The molecule has 1 aromatic carbocycles. The van der Waals surface area contributed by atoms with Gasteiger partial charge in [0.2, 0.25) is 0 Å². The molecule has 0 aliphatic heterocycles. The molecule has 1 aromatic rings. The van der Waals surface area contributed by atoms with Gasteiger partial charge in [-0.1, -0.05) is 12.1 Å². The monoisotopic (exact) mass is 251 g/mol. The molecule has 0 spiro atoms. The lowest BCUT2D eigenvalue weighted by molar-refractivity contribution is -0.137. The molecule has 0 aliphatic carbocycles. The van der Waals surface area contributed by atoms with Crippen molar-refractivity contribution in [1.29, 1.82) is 0 Å². The maximum absolute atomic E-state index is 10.5. The van der Waals surface area contributed by atoms with Crippen LogP contribution in [-0.2, 0) is 4.79 Å². The number of ether oxygens (including phenoxy) is 1. The molecule has 1 rings (SSSR count). The first-order valence-electron chi connectivity index (χ1n) is 6.29. The van der Waals surface area contributed by atoms with E-state index in [0.29, 0.717) is 13.0 Å². The van der Waals surface area contributed by atoms with Crippen molar-refractivity contribution in [3.05, 3.63) is 29.8 Å². The summed E-state index contributed by atoms with van der Waals surface area (Å²) in [5.74, 6) is 0.123. The van der Waals surface area contributed by atoms with Gasteiger partial charge in [0.05, 0.1) is 6.61 Å². The van der Waals surface area contributed by atoms with Gasteiger partial charge in [-0.15, -0.1) is 0 Å². The highest BCUT2D eigenvalue weighted by molar-refractivity contribution is 5.66. The molecule has 0 amide bonds. The van der Waals surface area contributed by atoms with Crippen molar-refractivity contribution in [3.63, 3.8) is 0 Å². The van der Waals surface area contributed by atoms with Crippen LogP contribution >= 0.6 is 0 Å². The minimum Gasteiger partial charge on any atom is -0.494 e. The number of aliphatic carboxylic acids is 1. The summed E-state index contributed by atoms with van der Waals surface area (Å²) in [7, 11) is 1.89. The molecule has 0 aromatic heterocycles. The first-order valence-corrected chi connectivity index (χ1v) is 6.29. The van der Waals surface area contributed by atoms with Crippen LogP contribution in [0.25, 0.3) is 0 Å². The number of carboxylic acid groups (broad SMARTS) is 1. The predicted molar refractivity (Wildman–Crippen MR) is 70.9 cm³/mol. The Balaban J connectivity index is 2.55. The fraction of sp³-hybridized carbons (Fsp3) is 0.500. The van der Waals surface area contributed by atoms with Gasteiger partial charge in [-0.05, 0) is 44.5 Å². The van der Waals surface area contributed by atoms with E-state index in [9.17, 15) is 4.79 Å². The topological polar surface area (TPSA) is 58.6 Å². The fourth-order valence-corrected chi connectivity index (χ4v) is 1.90. The normalized spacial score (nSPS) is 12.1. The molecular formula is C14H21NO3. The van der Waals surface area contributed by atoms with Crippen molar-refractivity contribution in [1.82, 2.24) is 5.32 Å². The van der Waals surface area contributed by atoms with Gasteiger partial charge in [-0.2, -0.15) is 0 Å². The second-order valence-corrected chi connectivity index (χ2v) is 4.13. The molecular weight excluding hydrogens is 230 g/mol. The van der Waals surface area contributed by atoms with E-state index in [1.165, 1.54) is 0 Å². The van der Waals surface area contributed by atoms with Crippen molar-refractivity contribution in [3.8, 4) is 5.75 Å². The van der Waals surface area contributed by atoms with E-state index < -0.39 is 5.97 Å². The fourth-order valence-electron chi connectivity index (χ4n) is 1.90. The summed E-state index contributed by atoms with van der Waals surface area (Å²) < 4.78 is 5.39. The maximum Gasteiger partial charge on any atom is 0.303 e. The van der Waals surface area contributed by atoms with Gasteiger partial charge in [-0.3, -0.25) is 4.79 Å². The Morgan fingerprint density at radius 3 is 2.56 bits per heavy atom. The highest BCUT2D eigenvalue weighted by atomic mass is 16.5. The highest BCUT2D eigenvalue weighted by Gasteiger charge is 2.09. The van der Waals surface area contributed by atoms with Gasteiger partial charge in [-0.25, -0.2) is 0 Å². The highest BCUT2D eigenvalue weighted by Crippen LogP contribution is 2.21. The van der Waals surface area contributed by atoms with Gasteiger partial charge in [0.25, 0.3) is 0 Å². The van der Waals surface area contributed by atoms with Crippen molar-refractivity contribution < 1.29 is 14.6 Å². The van der Waals surface area contributed by atoms with Crippen molar-refractivity contribution in [2.24, 2.45) is 0 Å². The quantitative estimate of drug-likeness (QED) is 0.745. The Labute approximate surface area is 108 Å². The lowest BCUT2D eigenvalue weighted by Crippen LogP contribution is -2.16. The Morgan fingerprint density at radius 2 is 2.06 bits per heavy atom. The number of hydrogen-bond donors (Lipinski definition) is 2. The lowest BCUT2D eigenvalue weighted by atomic mass is 10.0. The van der Waals surface area contributed by atoms with E-state index in [1.54, 1.807) is 0 Å². The molecule has 1 atom stereocenters. The van der Waals surface area contributed by atoms with Gasteiger partial charge in [0, 0.05) is 12.5 Å². The van der Waals surface area contributed by atoms with Gasteiger partial charge in [0.15, 0.2) is 0 Å². The number of carbonyl (C=O) groups is 1. The van der Waals surface area contributed by atoms with Crippen LogP contribution in [0.1, 0.15) is 37.8 Å². The largest absolute Gasteiger partial charge is 0.494 e. The molecule has 0 radical (unpaired) electrons. The molecule has 0 heterocycles. The summed E-state index contributed by atoms with van der Waals surface area (Å²) in [5.41, 5.74) is 1.16. The summed E-state index contributed by atoms with van der Waals surface area (Å²) in [5, 5.41) is 11.8. The molecule has 18 heavy (non-hydrogen) atoms. The van der Waals surface area contributed by atoms with Crippen LogP contribution in [0, 0.1) is 0 Å². The zero-order valence-electron chi connectivity index (χ0n) is 11.0. The third-order valence-corrected chi connectivity index (χ3v) is 2.83. The molecule has 0 aliphatic rings. The summed E-state index contributed by atoms with van der Waals surface area (Å²) in [6, 6.07) is 8.13. The van der Waals surface area contributed by atoms with Crippen LogP contribution in [0.3, 0.4) is 0 Å². The molecule has 0 bridgehead atoms. The van der Waals surface area contributed by atoms with Crippen LogP contribution in [-0.4, -0.2) is 24.7 Å². The number of carboxylic acids is 1. The Hall–Kier alpha value is -1.55. The average Bonchev–Trinajstić information content (AvgIpc) is 2.36. The van der Waals surface area contributed by atoms with Crippen molar-refractivity contribution in [2.45, 2.75) is 32.2 Å². The second-order valence-electron chi connectivity index (χ2n) is 4.13. The van der Waals surface area contributed by atoms with E-state index in [4.69, 9.17) is 9.84 Å². The standard InChI is InChI=1S/C14H21NO3/c1-3-18-12-9-7-11(8-10-12)13(15-2)5-4-6-14(16)17/h7-10,13,15H,3-6H2,1-2H3,(H,16,17). The molecule has 0 saturated heterocycles. The van der Waals surface area contributed by atoms with Gasteiger partial charge < -0.3 is 15.2 Å². The van der Waals surface area contributed by atoms with Crippen LogP contribution < -0.4 is 10.1 Å². The third-order valence-electron chi connectivity index (χ3n) is 2.83. The minimum absolute atomic E-state index is 0.194. The van der Waals surface area contributed by atoms with Crippen molar-refractivity contribution >= 4 is 5.97 Å². The van der Waals surface area contributed by atoms with E-state index in [2.05, 4.69) is 5.32 Å². The lowest BCUT2D eigenvalue weighted by Gasteiger charge is -2.16. The van der Waals surface area contributed by atoms with Crippen LogP contribution in [0.15, 0.2) is 24.3 Å². The zero-order valence-corrected chi connectivity index (χ0v) is 11.0. The number of hydrogen-bond acceptors (Lipinski definition) is 3. The predicted octanol–water partition coefficient (Wildman–Crippen LogP) is 2.60. The van der Waals surface area contributed by atoms with E-state index in [1.807, 2.05) is 38.2 Å². The molecule has 4 heteroatoms. The molecule has 2 N–H and O–H groups in total. The average molecular weight is 251 g/mol. The summed E-state index contributed by atoms with van der Waals surface area (Å²) >= 11 is 0. The summed E-state index contributed by atoms with van der Waals surface area (Å²) in [6.45, 7) is 2.61. The van der Waals surface area contributed by atoms with Gasteiger partial charge >= 0.3 is 5.97 Å². The van der Waals surface area contributed by atoms with Crippen molar-refractivity contribution in [2.75, 3.05) is 13.7 Å². The smallest absolute Gasteiger partial charge is 0.303 e. The maximum atomic E-state index is 10.5. The first kappa shape index (κ1) is 14.5. The molecule has 0 fully saturated rings. The van der Waals surface area contributed by atoms with Crippen LogP contribution in [0.4, 0.5) is 0 Å². The van der Waals surface area contributed by atoms with E-state index in [0.717, 1.165) is 17.7 Å². The van der Waals surface area contributed by atoms with Crippen LogP contribution in [0.2, 0.25) is 0 Å². The van der Waals surface area contributed by atoms with Crippen LogP contribution in [0.5, 0.6) is 5.75 Å². The Kier molecular flexibility index (Phi) is 6.22. The Bertz CT molecular complexity index is 362. The van der Waals surface area contributed by atoms with E-state index in [-0.39, 0.29) is 12.5 Å². The molecule has 100 valence electrons. The minimum atomic E-state index is -0.739. The van der Waals surface area contributed by atoms with Gasteiger partial charge in [0.1, 0.15) is 5.75 Å². The number of benzene rings is 1. The molecule has 4 nitrogen and oxygen atoms in total. The first-order chi connectivity index (χ1) is 8.67. The summed E-state index contributed by atoms with van der Waals surface area (Å²) in [4.78, 5) is 10.5. The number of nitrogens with one attached hydrogen (secondary N) is 1.